The van der Waals surface area contributed by atoms with Crippen LogP contribution in [0.1, 0.15) is 5.56 Å². The zero-order valence-corrected chi connectivity index (χ0v) is 18.2. The van der Waals surface area contributed by atoms with Gasteiger partial charge in [0.15, 0.2) is 11.5 Å². The molecule has 0 saturated carbocycles. The van der Waals surface area contributed by atoms with Gasteiger partial charge in [0.2, 0.25) is 5.91 Å². The minimum Gasteiger partial charge on any atom is -0.493 e. The second kappa shape index (κ2) is 9.42. The molecule has 0 spiro atoms. The number of nitrogens with one attached hydrogen (secondary N) is 1. The summed E-state index contributed by atoms with van der Waals surface area (Å²) >= 11 is 12.7. The van der Waals surface area contributed by atoms with Gasteiger partial charge in [-0.2, -0.15) is 0 Å². The first-order chi connectivity index (χ1) is 14.3. The first kappa shape index (κ1) is 22.0. The lowest BCUT2D eigenvalue weighted by Crippen LogP contribution is -2.36. The fraction of sp³-hybridized carbons (Fsp3) is 0.150. The normalized spacial score (nSPS) is 14.9. The zero-order chi connectivity index (χ0) is 21.8. The van der Waals surface area contributed by atoms with E-state index in [-0.39, 0.29) is 15.0 Å². The number of amides is 3. The van der Waals surface area contributed by atoms with Crippen LogP contribution in [0, 0.1) is 0 Å². The van der Waals surface area contributed by atoms with Crippen molar-refractivity contribution in [2.24, 2.45) is 0 Å². The minimum atomic E-state index is -0.575. The Hall–Kier alpha value is -2.68. The SMILES string of the molecule is COc1ccc(/C=C2/SC(=O)N(CC(=O)Nc3cccc(Cl)c3Cl)C2=O)cc1OC. The number of nitrogens with zero attached hydrogens (tertiary/aromatic N) is 1. The fourth-order valence-corrected chi connectivity index (χ4v) is 3.85. The van der Waals surface area contributed by atoms with E-state index < -0.39 is 23.6 Å². The number of anilines is 1. The van der Waals surface area contributed by atoms with Crippen LogP contribution in [0.3, 0.4) is 0 Å². The van der Waals surface area contributed by atoms with Gasteiger partial charge in [0.05, 0.1) is 34.9 Å². The van der Waals surface area contributed by atoms with E-state index in [0.29, 0.717) is 22.7 Å². The molecular weight excluding hydrogens is 451 g/mol. The molecule has 0 bridgehead atoms. The second-order valence-electron chi connectivity index (χ2n) is 6.03. The van der Waals surface area contributed by atoms with Crippen molar-refractivity contribution in [2.75, 3.05) is 26.1 Å². The minimum absolute atomic E-state index is 0.176. The molecule has 156 valence electrons. The number of hydrogen-bond acceptors (Lipinski definition) is 6. The van der Waals surface area contributed by atoms with Gasteiger partial charge in [0.1, 0.15) is 6.54 Å². The molecule has 0 aliphatic carbocycles. The van der Waals surface area contributed by atoms with Gasteiger partial charge in [-0.05, 0) is 47.7 Å². The largest absolute Gasteiger partial charge is 0.493 e. The van der Waals surface area contributed by atoms with Gasteiger partial charge in [-0.15, -0.1) is 0 Å². The van der Waals surface area contributed by atoms with Crippen LogP contribution in [-0.2, 0) is 9.59 Å². The standard InChI is InChI=1S/C20H16Cl2N2O5S/c1-28-14-7-6-11(8-15(14)29-2)9-16-19(26)24(20(27)30-16)10-17(25)23-13-5-3-4-12(21)18(13)22/h3-9H,10H2,1-2H3,(H,23,25)/b16-9+. The molecule has 7 nitrogen and oxygen atoms in total. The van der Waals surface area contributed by atoms with Gasteiger partial charge >= 0.3 is 0 Å². The Balaban J connectivity index is 1.74. The Morgan fingerprint density at radius 1 is 1.13 bits per heavy atom. The molecule has 0 unspecified atom stereocenters. The predicted octanol–water partition coefficient (Wildman–Crippen LogP) is 4.69. The molecule has 0 atom stereocenters. The molecule has 2 aromatic carbocycles. The highest BCUT2D eigenvalue weighted by molar-refractivity contribution is 8.18. The third-order valence-corrected chi connectivity index (χ3v) is 5.83. The number of ether oxygens (including phenoxy) is 2. The van der Waals surface area contributed by atoms with Crippen LogP contribution in [0.4, 0.5) is 10.5 Å². The number of hydrogen-bond donors (Lipinski definition) is 1. The van der Waals surface area contributed by atoms with Crippen LogP contribution in [0.15, 0.2) is 41.3 Å². The molecular formula is C20H16Cl2N2O5S. The fourth-order valence-electron chi connectivity index (χ4n) is 2.66. The molecule has 3 rings (SSSR count). The molecule has 1 N–H and O–H groups in total. The third kappa shape index (κ3) is 4.72. The van der Waals surface area contributed by atoms with Gasteiger partial charge < -0.3 is 14.8 Å². The van der Waals surface area contributed by atoms with Crippen molar-refractivity contribution in [2.45, 2.75) is 0 Å². The maximum Gasteiger partial charge on any atom is 0.294 e. The number of thioether (sulfide) groups is 1. The number of halogens is 2. The van der Waals surface area contributed by atoms with E-state index in [0.717, 1.165) is 16.7 Å². The summed E-state index contributed by atoms with van der Waals surface area (Å²) in [6.45, 7) is -0.448. The molecule has 10 heteroatoms. The van der Waals surface area contributed by atoms with Gasteiger partial charge in [0.25, 0.3) is 11.1 Å². The summed E-state index contributed by atoms with van der Waals surface area (Å²) in [5.74, 6) is -0.108. The number of imide groups is 1. The average Bonchev–Trinajstić information content (AvgIpc) is 2.98. The van der Waals surface area contributed by atoms with Crippen molar-refractivity contribution >= 4 is 63.8 Å². The highest BCUT2D eigenvalue weighted by Crippen LogP contribution is 2.35. The van der Waals surface area contributed by atoms with E-state index >= 15 is 0 Å². The third-order valence-electron chi connectivity index (χ3n) is 4.11. The smallest absolute Gasteiger partial charge is 0.294 e. The van der Waals surface area contributed by atoms with Crippen LogP contribution < -0.4 is 14.8 Å². The summed E-state index contributed by atoms with van der Waals surface area (Å²) in [6.07, 6.45) is 1.55. The maximum atomic E-state index is 12.6. The first-order valence-electron chi connectivity index (χ1n) is 8.55. The number of carbonyl (C=O) groups is 3. The average molecular weight is 467 g/mol. The monoisotopic (exact) mass is 466 g/mol. The highest BCUT2D eigenvalue weighted by atomic mass is 35.5. The summed E-state index contributed by atoms with van der Waals surface area (Å²) in [7, 11) is 3.02. The van der Waals surface area contributed by atoms with Gasteiger partial charge in [-0.25, -0.2) is 0 Å². The molecule has 1 heterocycles. The van der Waals surface area contributed by atoms with E-state index in [1.807, 2.05) is 0 Å². The Labute approximate surface area is 186 Å². The summed E-state index contributed by atoms with van der Waals surface area (Å²) in [4.78, 5) is 38.3. The van der Waals surface area contributed by atoms with Crippen molar-refractivity contribution in [3.63, 3.8) is 0 Å². The number of methoxy groups -OCH3 is 2. The molecule has 1 aliphatic rings. The lowest BCUT2D eigenvalue weighted by Gasteiger charge is -2.13. The molecule has 1 saturated heterocycles. The number of carbonyl (C=O) groups excluding carboxylic acids is 3. The Morgan fingerprint density at radius 3 is 2.57 bits per heavy atom. The number of benzene rings is 2. The van der Waals surface area contributed by atoms with E-state index in [2.05, 4.69) is 5.32 Å². The molecule has 1 fully saturated rings. The van der Waals surface area contributed by atoms with E-state index in [4.69, 9.17) is 32.7 Å². The van der Waals surface area contributed by atoms with Crippen molar-refractivity contribution in [1.82, 2.24) is 4.90 Å². The van der Waals surface area contributed by atoms with Crippen LogP contribution >= 0.6 is 35.0 Å². The number of rotatable bonds is 6. The first-order valence-corrected chi connectivity index (χ1v) is 10.1. The molecule has 0 radical (unpaired) electrons. The van der Waals surface area contributed by atoms with Crippen molar-refractivity contribution < 1.29 is 23.9 Å². The van der Waals surface area contributed by atoms with E-state index in [1.54, 1.807) is 42.5 Å². The van der Waals surface area contributed by atoms with Crippen molar-refractivity contribution in [3.05, 3.63) is 56.9 Å². The van der Waals surface area contributed by atoms with E-state index in [9.17, 15) is 14.4 Å². The summed E-state index contributed by atoms with van der Waals surface area (Å²) < 4.78 is 10.4. The van der Waals surface area contributed by atoms with Gasteiger partial charge in [0, 0.05) is 0 Å². The molecule has 1 aliphatic heterocycles. The van der Waals surface area contributed by atoms with Crippen molar-refractivity contribution in [3.8, 4) is 11.5 Å². The zero-order valence-electron chi connectivity index (χ0n) is 15.9. The Bertz CT molecular complexity index is 1060. The lowest BCUT2D eigenvalue weighted by atomic mass is 10.2. The van der Waals surface area contributed by atoms with Crippen LogP contribution in [0.2, 0.25) is 10.0 Å². The molecule has 30 heavy (non-hydrogen) atoms. The molecule has 3 amide bonds. The van der Waals surface area contributed by atoms with Gasteiger partial charge in [-0.1, -0.05) is 35.3 Å². The van der Waals surface area contributed by atoms with E-state index in [1.165, 1.54) is 14.2 Å². The summed E-state index contributed by atoms with van der Waals surface area (Å²) in [5, 5.41) is 2.46. The highest BCUT2D eigenvalue weighted by Gasteiger charge is 2.36. The second-order valence-corrected chi connectivity index (χ2v) is 7.81. The quantitative estimate of drug-likeness (QED) is 0.621. The maximum absolute atomic E-state index is 12.6. The molecule has 0 aromatic heterocycles. The lowest BCUT2D eigenvalue weighted by molar-refractivity contribution is -0.127. The van der Waals surface area contributed by atoms with Crippen LogP contribution in [0.25, 0.3) is 6.08 Å². The molecule has 2 aromatic rings. The predicted molar refractivity (Wildman–Crippen MR) is 117 cm³/mol. The van der Waals surface area contributed by atoms with Gasteiger partial charge in [-0.3, -0.25) is 19.3 Å². The Morgan fingerprint density at radius 2 is 1.87 bits per heavy atom. The summed E-state index contributed by atoms with van der Waals surface area (Å²) in [6, 6.07) is 9.86. The van der Waals surface area contributed by atoms with Crippen LogP contribution in [0.5, 0.6) is 11.5 Å². The van der Waals surface area contributed by atoms with Crippen molar-refractivity contribution in [1.29, 1.82) is 0 Å². The topological polar surface area (TPSA) is 84.9 Å². The van der Waals surface area contributed by atoms with Crippen LogP contribution in [-0.4, -0.2) is 42.7 Å². The Kier molecular flexibility index (Phi) is 6.91. The summed E-state index contributed by atoms with van der Waals surface area (Å²) in [5.41, 5.74) is 0.940.